The first-order valence-corrected chi connectivity index (χ1v) is 6.36. The van der Waals surface area contributed by atoms with Crippen LogP contribution in [-0.4, -0.2) is 20.2 Å². The van der Waals surface area contributed by atoms with Gasteiger partial charge in [0.15, 0.2) is 5.69 Å². The molecule has 21 heavy (non-hydrogen) atoms. The van der Waals surface area contributed by atoms with Gasteiger partial charge in [0.1, 0.15) is 11.8 Å². The maximum atomic E-state index is 11.8. The van der Waals surface area contributed by atoms with Crippen molar-refractivity contribution in [2.75, 3.05) is 0 Å². The lowest BCUT2D eigenvalue weighted by atomic mass is 10.1. The molecule has 2 aromatic heterocycles. The smallest absolute Gasteiger partial charge is 0.313 e. The molecule has 1 fully saturated rings. The highest BCUT2D eigenvalue weighted by molar-refractivity contribution is 5.58. The Morgan fingerprint density at radius 2 is 2.24 bits per heavy atom. The number of rotatable bonds is 3. The Morgan fingerprint density at radius 1 is 1.43 bits per heavy atom. The summed E-state index contributed by atoms with van der Waals surface area (Å²) < 4.78 is 0. The Labute approximate surface area is 119 Å². The molecule has 0 aromatic carbocycles. The molecule has 3 rings (SSSR count). The number of nitrogens with zero attached hydrogens (tertiary/aromatic N) is 3. The number of H-pyrrole nitrogens is 2. The molecule has 7 heteroatoms. The van der Waals surface area contributed by atoms with E-state index in [2.05, 4.69) is 26.7 Å². The molecule has 0 radical (unpaired) electrons. The van der Waals surface area contributed by atoms with E-state index >= 15 is 0 Å². The van der Waals surface area contributed by atoms with Crippen molar-refractivity contribution < 1.29 is 0 Å². The van der Waals surface area contributed by atoms with Crippen LogP contribution in [0.2, 0.25) is 0 Å². The molecule has 0 bridgehead atoms. The first-order valence-electron chi connectivity index (χ1n) is 6.36. The molecule has 2 atom stereocenters. The largest absolute Gasteiger partial charge is 0.325 e. The second-order valence-corrected chi connectivity index (χ2v) is 4.87. The molecule has 7 nitrogen and oxygen atoms in total. The summed E-state index contributed by atoms with van der Waals surface area (Å²) in [5, 5.41) is 16.9. The first-order chi connectivity index (χ1) is 10.1. The van der Waals surface area contributed by atoms with E-state index in [1.54, 1.807) is 6.07 Å². The highest BCUT2D eigenvalue weighted by atomic mass is 16.2. The lowest BCUT2D eigenvalue weighted by Crippen LogP contribution is -2.23. The van der Waals surface area contributed by atoms with Gasteiger partial charge in [-0.15, -0.1) is 16.8 Å². The quantitative estimate of drug-likeness (QED) is 0.803. The van der Waals surface area contributed by atoms with E-state index in [0.29, 0.717) is 11.6 Å². The molecular formula is C14H11N5O2. The molecule has 0 spiro atoms. The van der Waals surface area contributed by atoms with Crippen molar-refractivity contribution in [1.82, 2.24) is 20.2 Å². The Bertz CT molecular complexity index is 874. The fourth-order valence-electron chi connectivity index (χ4n) is 2.34. The maximum absolute atomic E-state index is 11.8. The van der Waals surface area contributed by atoms with Gasteiger partial charge in [-0.1, -0.05) is 6.08 Å². The van der Waals surface area contributed by atoms with Crippen LogP contribution >= 0.6 is 0 Å². The summed E-state index contributed by atoms with van der Waals surface area (Å²) in [5.74, 6) is 0.510. The van der Waals surface area contributed by atoms with Crippen molar-refractivity contribution in [2.24, 2.45) is 5.92 Å². The first kappa shape index (κ1) is 13.0. The molecule has 1 aliphatic carbocycles. The number of allylic oxidation sites excluding steroid dienone is 1. The number of hydrogen-bond acceptors (Lipinski definition) is 5. The SMILES string of the molecule is C=C[C@@H]1C[C@@H]1c1cc(-c2c[nH]c(=O)[nH]c2=O)nnc1C#N. The van der Waals surface area contributed by atoms with Crippen molar-refractivity contribution in [2.45, 2.75) is 12.3 Å². The number of hydrogen-bond donors (Lipinski definition) is 2. The van der Waals surface area contributed by atoms with Crippen LogP contribution in [0.4, 0.5) is 0 Å². The average Bonchev–Trinajstić information content (AvgIpc) is 3.26. The zero-order valence-electron chi connectivity index (χ0n) is 11.0. The third kappa shape index (κ3) is 2.27. The van der Waals surface area contributed by atoms with Crippen molar-refractivity contribution >= 4 is 0 Å². The van der Waals surface area contributed by atoms with E-state index in [0.717, 1.165) is 12.0 Å². The Morgan fingerprint density at radius 3 is 2.86 bits per heavy atom. The Kier molecular flexibility index (Phi) is 2.99. The Hall–Kier alpha value is -3.01. The predicted octanol–water partition coefficient (Wildman–Crippen LogP) is 0.681. The summed E-state index contributed by atoms with van der Waals surface area (Å²) in [6.07, 6.45) is 4.04. The zero-order valence-corrected chi connectivity index (χ0v) is 11.0. The van der Waals surface area contributed by atoms with E-state index in [9.17, 15) is 9.59 Å². The number of nitriles is 1. The molecular weight excluding hydrogens is 270 g/mol. The van der Waals surface area contributed by atoms with E-state index in [4.69, 9.17) is 5.26 Å². The molecule has 0 aliphatic heterocycles. The topological polar surface area (TPSA) is 115 Å². The van der Waals surface area contributed by atoms with E-state index < -0.39 is 11.2 Å². The van der Waals surface area contributed by atoms with Gasteiger partial charge in [-0.25, -0.2) is 4.79 Å². The van der Waals surface area contributed by atoms with Crippen LogP contribution < -0.4 is 11.2 Å². The van der Waals surface area contributed by atoms with Gasteiger partial charge in [-0.2, -0.15) is 5.26 Å². The minimum atomic E-state index is -0.584. The van der Waals surface area contributed by atoms with Crippen LogP contribution in [-0.2, 0) is 0 Å². The van der Waals surface area contributed by atoms with Gasteiger partial charge in [0.05, 0.1) is 5.56 Å². The molecule has 2 aromatic rings. The molecule has 2 N–H and O–H groups in total. The summed E-state index contributed by atoms with van der Waals surface area (Å²) in [4.78, 5) is 27.4. The van der Waals surface area contributed by atoms with Gasteiger partial charge in [-0.05, 0) is 29.9 Å². The number of aromatic amines is 2. The monoisotopic (exact) mass is 281 g/mol. The molecule has 1 saturated carbocycles. The van der Waals surface area contributed by atoms with Crippen LogP contribution in [0.1, 0.15) is 23.6 Å². The summed E-state index contributed by atoms with van der Waals surface area (Å²) in [7, 11) is 0. The minimum Gasteiger partial charge on any atom is -0.313 e. The summed E-state index contributed by atoms with van der Waals surface area (Å²) in [6.45, 7) is 3.74. The highest BCUT2D eigenvalue weighted by Crippen LogP contribution is 2.49. The van der Waals surface area contributed by atoms with Crippen LogP contribution in [0.25, 0.3) is 11.3 Å². The van der Waals surface area contributed by atoms with Crippen LogP contribution in [0.3, 0.4) is 0 Å². The molecule has 0 unspecified atom stereocenters. The third-order valence-corrected chi connectivity index (χ3v) is 3.57. The molecule has 0 amide bonds. The second kappa shape index (κ2) is 4.83. The second-order valence-electron chi connectivity index (χ2n) is 4.87. The zero-order chi connectivity index (χ0) is 15.0. The fraction of sp³-hybridized carbons (Fsp3) is 0.214. The van der Waals surface area contributed by atoms with Crippen LogP contribution in [0.15, 0.2) is 34.5 Å². The van der Waals surface area contributed by atoms with Gasteiger partial charge in [-0.3, -0.25) is 9.78 Å². The van der Waals surface area contributed by atoms with E-state index in [-0.39, 0.29) is 17.2 Å². The van der Waals surface area contributed by atoms with Crippen molar-refractivity contribution in [3.63, 3.8) is 0 Å². The molecule has 104 valence electrons. The summed E-state index contributed by atoms with van der Waals surface area (Å²) in [6, 6.07) is 3.70. The number of nitrogens with one attached hydrogen (secondary N) is 2. The van der Waals surface area contributed by atoms with Crippen LogP contribution in [0.5, 0.6) is 0 Å². The van der Waals surface area contributed by atoms with Gasteiger partial charge >= 0.3 is 5.69 Å². The molecule has 1 aliphatic rings. The lowest BCUT2D eigenvalue weighted by molar-refractivity contribution is 0.929. The van der Waals surface area contributed by atoms with Gasteiger partial charge in [0.25, 0.3) is 5.56 Å². The average molecular weight is 281 g/mol. The van der Waals surface area contributed by atoms with Crippen molar-refractivity contribution in [1.29, 1.82) is 5.26 Å². The van der Waals surface area contributed by atoms with Gasteiger partial charge < -0.3 is 4.98 Å². The third-order valence-electron chi connectivity index (χ3n) is 3.57. The van der Waals surface area contributed by atoms with Gasteiger partial charge in [0, 0.05) is 6.20 Å². The standard InChI is InChI=1S/C14H11N5O2/c1-2-7-3-8(7)9-4-11(18-19-12(9)5-15)10-6-16-14(21)17-13(10)20/h2,4,6-8H,1,3H2,(H2,16,17,20,21)/t7-,8+/m1/s1. The lowest BCUT2D eigenvalue weighted by Gasteiger charge is -2.04. The highest BCUT2D eigenvalue weighted by Gasteiger charge is 2.38. The molecule has 0 saturated heterocycles. The summed E-state index contributed by atoms with van der Waals surface area (Å²) >= 11 is 0. The number of aromatic nitrogens is 4. The molecule has 2 heterocycles. The van der Waals surface area contributed by atoms with Crippen LogP contribution in [0, 0.1) is 17.2 Å². The normalized spacial score (nSPS) is 19.8. The van der Waals surface area contributed by atoms with Crippen molar-refractivity contribution in [3.05, 3.63) is 57.0 Å². The van der Waals surface area contributed by atoms with E-state index in [1.165, 1.54) is 6.20 Å². The summed E-state index contributed by atoms with van der Waals surface area (Å²) in [5.41, 5.74) is 0.436. The maximum Gasteiger partial charge on any atom is 0.325 e. The minimum absolute atomic E-state index is 0.188. The predicted molar refractivity (Wildman–Crippen MR) is 74.5 cm³/mol. The van der Waals surface area contributed by atoms with Crippen molar-refractivity contribution in [3.8, 4) is 17.3 Å². The van der Waals surface area contributed by atoms with Gasteiger partial charge in [0.2, 0.25) is 0 Å². The Balaban J connectivity index is 2.11. The van der Waals surface area contributed by atoms with E-state index in [1.807, 2.05) is 12.1 Å². The fourth-order valence-corrected chi connectivity index (χ4v) is 2.34.